The van der Waals surface area contributed by atoms with E-state index in [-0.39, 0.29) is 0 Å². The maximum absolute atomic E-state index is 3.46. The maximum Gasteiger partial charge on any atom is 0.00103 e. The molecule has 0 aromatic rings. The minimum Gasteiger partial charge on any atom is -0.315 e. The van der Waals surface area contributed by atoms with Crippen molar-refractivity contribution in [3.05, 3.63) is 0 Å². The van der Waals surface area contributed by atoms with Crippen LogP contribution in [0, 0.1) is 11.8 Å². The molecule has 0 bridgehead atoms. The number of hydrogen-bond acceptors (Lipinski definition) is 1. The second-order valence-corrected chi connectivity index (χ2v) is 4.21. The zero-order valence-electron chi connectivity index (χ0n) is 8.06. The molecule has 0 aromatic carbocycles. The monoisotopic (exact) mass is 155 g/mol. The zero-order chi connectivity index (χ0) is 8.27. The summed E-state index contributed by atoms with van der Waals surface area (Å²) in [5, 5.41) is 3.46. The van der Waals surface area contributed by atoms with Gasteiger partial charge in [-0.2, -0.15) is 0 Å². The van der Waals surface area contributed by atoms with Crippen LogP contribution in [0.5, 0.6) is 0 Å². The fourth-order valence-electron chi connectivity index (χ4n) is 1.50. The van der Waals surface area contributed by atoms with E-state index in [0.29, 0.717) is 6.04 Å². The van der Waals surface area contributed by atoms with Gasteiger partial charge in [-0.25, -0.2) is 0 Å². The van der Waals surface area contributed by atoms with Crippen LogP contribution in [0.15, 0.2) is 0 Å². The van der Waals surface area contributed by atoms with Crippen LogP contribution in [-0.2, 0) is 0 Å². The molecule has 0 radical (unpaired) electrons. The summed E-state index contributed by atoms with van der Waals surface area (Å²) in [5.74, 6) is 2.03. The lowest BCUT2D eigenvalue weighted by molar-refractivity contribution is 0.437. The van der Waals surface area contributed by atoms with Gasteiger partial charge in [0.1, 0.15) is 0 Å². The second-order valence-electron chi connectivity index (χ2n) is 4.21. The summed E-state index contributed by atoms with van der Waals surface area (Å²) in [6.45, 7) is 8.01. The number of hydrogen-bond donors (Lipinski definition) is 1. The van der Waals surface area contributed by atoms with Crippen LogP contribution < -0.4 is 5.32 Å². The first-order valence-corrected chi connectivity index (χ1v) is 4.93. The summed E-state index contributed by atoms with van der Waals surface area (Å²) in [7, 11) is 0. The summed E-state index contributed by atoms with van der Waals surface area (Å²) in [4.78, 5) is 0. The smallest absolute Gasteiger partial charge is 0.00103 e. The first-order chi connectivity index (χ1) is 5.20. The molecule has 1 heteroatoms. The first kappa shape index (κ1) is 9.05. The molecule has 1 nitrogen and oxygen atoms in total. The highest BCUT2D eigenvalue weighted by molar-refractivity contribution is 4.78. The molecule has 0 saturated heterocycles. The van der Waals surface area contributed by atoms with Crippen molar-refractivity contribution in [3.8, 4) is 0 Å². The van der Waals surface area contributed by atoms with Gasteiger partial charge in [-0.3, -0.25) is 0 Å². The predicted molar refractivity (Wildman–Crippen MR) is 49.6 cm³/mol. The third kappa shape index (κ3) is 3.76. The van der Waals surface area contributed by atoms with Gasteiger partial charge in [0.15, 0.2) is 0 Å². The van der Waals surface area contributed by atoms with Gasteiger partial charge in [0.05, 0.1) is 0 Å². The largest absolute Gasteiger partial charge is 0.315 e. The average Bonchev–Trinajstić information content (AvgIpc) is 2.66. The van der Waals surface area contributed by atoms with Crippen LogP contribution >= 0.6 is 0 Å². The van der Waals surface area contributed by atoms with Crippen molar-refractivity contribution < 1.29 is 0 Å². The Bertz CT molecular complexity index is 105. The van der Waals surface area contributed by atoms with E-state index in [2.05, 4.69) is 26.1 Å². The lowest BCUT2D eigenvalue weighted by Crippen LogP contribution is -2.25. The fourth-order valence-corrected chi connectivity index (χ4v) is 1.50. The quantitative estimate of drug-likeness (QED) is 0.643. The zero-order valence-corrected chi connectivity index (χ0v) is 8.06. The van der Waals surface area contributed by atoms with Crippen LogP contribution in [-0.4, -0.2) is 12.6 Å². The molecule has 0 spiro atoms. The van der Waals surface area contributed by atoms with E-state index in [9.17, 15) is 0 Å². The Morgan fingerprint density at radius 3 is 2.36 bits per heavy atom. The van der Waals surface area contributed by atoms with E-state index >= 15 is 0 Å². The van der Waals surface area contributed by atoms with Gasteiger partial charge in [0.2, 0.25) is 0 Å². The third-order valence-electron chi connectivity index (χ3n) is 2.58. The molecular formula is C10H21N. The SMILES string of the molecule is CC(C)NCCC(C)C1CC1. The normalized spacial score (nSPS) is 20.7. The second kappa shape index (κ2) is 4.10. The molecule has 1 N–H and O–H groups in total. The Morgan fingerprint density at radius 2 is 1.91 bits per heavy atom. The molecule has 1 saturated carbocycles. The van der Waals surface area contributed by atoms with E-state index in [1.807, 2.05) is 0 Å². The summed E-state index contributed by atoms with van der Waals surface area (Å²) >= 11 is 0. The summed E-state index contributed by atoms with van der Waals surface area (Å²) in [6, 6.07) is 0.654. The average molecular weight is 155 g/mol. The molecule has 0 heterocycles. The van der Waals surface area contributed by atoms with E-state index in [4.69, 9.17) is 0 Å². The molecule has 0 aliphatic heterocycles. The Kier molecular flexibility index (Phi) is 3.38. The van der Waals surface area contributed by atoms with Crippen molar-refractivity contribution in [1.82, 2.24) is 5.32 Å². The summed E-state index contributed by atoms with van der Waals surface area (Å²) in [5.41, 5.74) is 0. The van der Waals surface area contributed by atoms with E-state index < -0.39 is 0 Å². The first-order valence-electron chi connectivity index (χ1n) is 4.93. The van der Waals surface area contributed by atoms with Crippen LogP contribution in [0.25, 0.3) is 0 Å². The molecule has 1 aliphatic rings. The standard InChI is InChI=1S/C10H21N/c1-8(2)11-7-6-9(3)10-4-5-10/h8-11H,4-7H2,1-3H3. The Labute approximate surface area is 70.6 Å². The van der Waals surface area contributed by atoms with E-state index in [1.54, 1.807) is 0 Å². The highest BCUT2D eigenvalue weighted by Crippen LogP contribution is 2.37. The van der Waals surface area contributed by atoms with Gasteiger partial charge in [-0.15, -0.1) is 0 Å². The maximum atomic E-state index is 3.46. The summed E-state index contributed by atoms with van der Waals surface area (Å²) in [6.07, 6.45) is 4.34. The van der Waals surface area contributed by atoms with E-state index in [1.165, 1.54) is 25.8 Å². The van der Waals surface area contributed by atoms with Crippen LogP contribution in [0.2, 0.25) is 0 Å². The summed E-state index contributed by atoms with van der Waals surface area (Å²) < 4.78 is 0. The van der Waals surface area contributed by atoms with Crippen molar-refractivity contribution in [1.29, 1.82) is 0 Å². The van der Waals surface area contributed by atoms with Gasteiger partial charge in [-0.05, 0) is 37.6 Å². The van der Waals surface area contributed by atoms with Crippen LogP contribution in [0.4, 0.5) is 0 Å². The molecule has 1 rings (SSSR count). The molecule has 1 fully saturated rings. The predicted octanol–water partition coefficient (Wildman–Crippen LogP) is 2.42. The molecule has 0 amide bonds. The van der Waals surface area contributed by atoms with Crippen molar-refractivity contribution in [2.45, 2.75) is 46.1 Å². The van der Waals surface area contributed by atoms with Gasteiger partial charge in [-0.1, -0.05) is 20.8 Å². The minimum absolute atomic E-state index is 0.654. The van der Waals surface area contributed by atoms with Crippen molar-refractivity contribution in [3.63, 3.8) is 0 Å². The molecular weight excluding hydrogens is 134 g/mol. The number of rotatable bonds is 5. The van der Waals surface area contributed by atoms with Gasteiger partial charge in [0.25, 0.3) is 0 Å². The van der Waals surface area contributed by atoms with Crippen molar-refractivity contribution >= 4 is 0 Å². The molecule has 1 unspecified atom stereocenters. The fraction of sp³-hybridized carbons (Fsp3) is 1.00. The Hall–Kier alpha value is -0.0400. The highest BCUT2D eigenvalue weighted by atomic mass is 14.9. The van der Waals surface area contributed by atoms with Gasteiger partial charge >= 0.3 is 0 Å². The van der Waals surface area contributed by atoms with Gasteiger partial charge in [0, 0.05) is 6.04 Å². The minimum atomic E-state index is 0.654. The molecule has 11 heavy (non-hydrogen) atoms. The van der Waals surface area contributed by atoms with Crippen LogP contribution in [0.1, 0.15) is 40.0 Å². The Morgan fingerprint density at radius 1 is 1.27 bits per heavy atom. The Balaban J connectivity index is 1.93. The van der Waals surface area contributed by atoms with E-state index in [0.717, 1.165) is 11.8 Å². The van der Waals surface area contributed by atoms with Gasteiger partial charge < -0.3 is 5.32 Å². The number of nitrogens with one attached hydrogen (secondary N) is 1. The highest BCUT2D eigenvalue weighted by Gasteiger charge is 2.27. The third-order valence-corrected chi connectivity index (χ3v) is 2.58. The molecule has 1 atom stereocenters. The molecule has 66 valence electrons. The van der Waals surface area contributed by atoms with Crippen molar-refractivity contribution in [2.24, 2.45) is 11.8 Å². The lowest BCUT2D eigenvalue weighted by atomic mass is 10.0. The van der Waals surface area contributed by atoms with Crippen LogP contribution in [0.3, 0.4) is 0 Å². The topological polar surface area (TPSA) is 12.0 Å². The van der Waals surface area contributed by atoms with Crippen molar-refractivity contribution in [2.75, 3.05) is 6.54 Å². The molecule has 1 aliphatic carbocycles. The lowest BCUT2D eigenvalue weighted by Gasteiger charge is -2.12. The molecule has 0 aromatic heterocycles.